The predicted octanol–water partition coefficient (Wildman–Crippen LogP) is 2.40. The van der Waals surface area contributed by atoms with Crippen molar-refractivity contribution in [3.05, 3.63) is 18.2 Å². The molecule has 1 aliphatic carbocycles. The number of carboxylic acid groups (broad SMARTS) is 1. The lowest BCUT2D eigenvalue weighted by Gasteiger charge is -2.17. The lowest BCUT2D eigenvalue weighted by Crippen LogP contribution is -2.23. The van der Waals surface area contributed by atoms with Crippen molar-refractivity contribution in [3.8, 4) is 0 Å². The van der Waals surface area contributed by atoms with Crippen molar-refractivity contribution in [2.75, 3.05) is 6.54 Å². The number of hydrogen-bond acceptors (Lipinski definition) is 3. The molecule has 5 nitrogen and oxygen atoms in total. The molecule has 1 fully saturated rings. The van der Waals surface area contributed by atoms with E-state index in [0.29, 0.717) is 18.7 Å². The molecule has 0 amide bonds. The zero-order valence-corrected chi connectivity index (χ0v) is 13.3. The Morgan fingerprint density at radius 2 is 2.29 bits per heavy atom. The number of aliphatic carboxylic acids is 1. The van der Waals surface area contributed by atoms with Crippen molar-refractivity contribution in [2.45, 2.75) is 58.4 Å². The first-order valence-corrected chi connectivity index (χ1v) is 7.75. The van der Waals surface area contributed by atoms with Crippen LogP contribution in [-0.2, 0) is 16.8 Å². The molecule has 0 radical (unpaired) electrons. The summed E-state index contributed by atoms with van der Waals surface area (Å²) in [4.78, 5) is 16.1. The second kappa shape index (κ2) is 5.79. The van der Waals surface area contributed by atoms with Crippen molar-refractivity contribution in [1.82, 2.24) is 9.55 Å². The van der Waals surface area contributed by atoms with E-state index in [4.69, 9.17) is 5.73 Å². The van der Waals surface area contributed by atoms with Crippen molar-refractivity contribution in [3.63, 3.8) is 0 Å². The van der Waals surface area contributed by atoms with E-state index >= 15 is 0 Å². The fourth-order valence-electron chi connectivity index (χ4n) is 2.90. The highest BCUT2D eigenvalue weighted by atomic mass is 16.4. The standard InChI is InChI=1S/C16H27N3O2/c1-15(2,3)6-8-19-10-13(18-11-19)16(14(20)21)9-12(16)5-4-7-17/h10-12H,4-9,17H2,1-3H3,(H,20,21)/t12-,16+/m1/s1. The highest BCUT2D eigenvalue weighted by Crippen LogP contribution is 2.56. The molecular formula is C16H27N3O2. The number of rotatable bonds is 7. The molecule has 0 bridgehead atoms. The summed E-state index contributed by atoms with van der Waals surface area (Å²) in [6, 6.07) is 0. The van der Waals surface area contributed by atoms with Crippen LogP contribution in [0, 0.1) is 11.3 Å². The number of aromatic nitrogens is 2. The second-order valence-electron chi connectivity index (χ2n) is 7.42. The predicted molar refractivity (Wildman–Crippen MR) is 82.0 cm³/mol. The minimum atomic E-state index is -0.762. The second-order valence-corrected chi connectivity index (χ2v) is 7.42. The first-order chi connectivity index (χ1) is 9.79. The quantitative estimate of drug-likeness (QED) is 0.809. The van der Waals surface area contributed by atoms with Gasteiger partial charge < -0.3 is 15.4 Å². The lowest BCUT2D eigenvalue weighted by molar-refractivity contribution is -0.140. The molecule has 1 aromatic heterocycles. The van der Waals surface area contributed by atoms with Gasteiger partial charge in [-0.2, -0.15) is 0 Å². The number of carbonyl (C=O) groups is 1. The zero-order valence-electron chi connectivity index (χ0n) is 13.3. The van der Waals surface area contributed by atoms with Gasteiger partial charge in [0.2, 0.25) is 0 Å². The van der Waals surface area contributed by atoms with E-state index in [-0.39, 0.29) is 11.3 Å². The summed E-state index contributed by atoms with van der Waals surface area (Å²) in [6.45, 7) is 8.10. The third-order valence-electron chi connectivity index (χ3n) is 4.45. The summed E-state index contributed by atoms with van der Waals surface area (Å²) in [5.74, 6) is -0.560. The molecule has 5 heteroatoms. The maximum absolute atomic E-state index is 11.7. The van der Waals surface area contributed by atoms with Crippen LogP contribution in [0.2, 0.25) is 0 Å². The van der Waals surface area contributed by atoms with E-state index in [1.165, 1.54) is 0 Å². The molecule has 118 valence electrons. The van der Waals surface area contributed by atoms with Gasteiger partial charge in [-0.1, -0.05) is 20.8 Å². The fourth-order valence-corrected chi connectivity index (χ4v) is 2.90. The van der Waals surface area contributed by atoms with E-state index in [0.717, 1.165) is 25.8 Å². The smallest absolute Gasteiger partial charge is 0.316 e. The van der Waals surface area contributed by atoms with Gasteiger partial charge in [-0.25, -0.2) is 4.98 Å². The Labute approximate surface area is 126 Å². The zero-order chi connectivity index (χ0) is 15.7. The molecule has 2 rings (SSSR count). The Hall–Kier alpha value is -1.36. The number of nitrogens with two attached hydrogens (primary N) is 1. The van der Waals surface area contributed by atoms with E-state index in [2.05, 4.69) is 25.8 Å². The maximum atomic E-state index is 11.7. The highest BCUT2D eigenvalue weighted by Gasteiger charge is 2.62. The van der Waals surface area contributed by atoms with E-state index in [1.807, 2.05) is 10.8 Å². The van der Waals surface area contributed by atoms with Crippen LogP contribution in [0.4, 0.5) is 0 Å². The summed E-state index contributed by atoms with van der Waals surface area (Å²) in [6.07, 6.45) is 7.17. The largest absolute Gasteiger partial charge is 0.481 e. The van der Waals surface area contributed by atoms with Gasteiger partial charge in [-0.3, -0.25) is 4.79 Å². The van der Waals surface area contributed by atoms with Crippen LogP contribution in [0.5, 0.6) is 0 Å². The third-order valence-corrected chi connectivity index (χ3v) is 4.45. The minimum absolute atomic E-state index is 0.185. The highest BCUT2D eigenvalue weighted by molar-refractivity contribution is 5.85. The summed E-state index contributed by atoms with van der Waals surface area (Å²) < 4.78 is 2.02. The molecule has 3 N–H and O–H groups in total. The molecule has 1 aliphatic rings. The fraction of sp³-hybridized carbons (Fsp3) is 0.750. The Bertz CT molecular complexity index is 504. The SMILES string of the molecule is CC(C)(C)CCn1cnc([C@]2(C(=O)O)C[C@H]2CCCN)c1. The molecule has 0 aromatic carbocycles. The third kappa shape index (κ3) is 3.46. The Kier molecular flexibility index (Phi) is 4.42. The van der Waals surface area contributed by atoms with Crippen molar-refractivity contribution < 1.29 is 9.90 Å². The molecule has 21 heavy (non-hydrogen) atoms. The topological polar surface area (TPSA) is 81.1 Å². The van der Waals surface area contributed by atoms with Gasteiger partial charge in [-0.05, 0) is 43.6 Å². The number of imidazole rings is 1. The molecule has 1 saturated carbocycles. The summed E-state index contributed by atoms with van der Waals surface area (Å²) in [5, 5.41) is 9.61. The molecule has 1 aromatic rings. The summed E-state index contributed by atoms with van der Waals surface area (Å²) in [7, 11) is 0. The number of hydrogen-bond donors (Lipinski definition) is 2. The van der Waals surface area contributed by atoms with E-state index in [9.17, 15) is 9.90 Å². The monoisotopic (exact) mass is 293 g/mol. The van der Waals surface area contributed by atoms with Crippen LogP contribution in [0.25, 0.3) is 0 Å². The van der Waals surface area contributed by atoms with Crippen LogP contribution < -0.4 is 5.73 Å². The normalized spacial score (nSPS) is 25.0. The summed E-state index contributed by atoms with van der Waals surface area (Å²) in [5.41, 5.74) is 5.74. The molecular weight excluding hydrogens is 266 g/mol. The number of aryl methyl sites for hydroxylation is 1. The van der Waals surface area contributed by atoms with Gasteiger partial charge in [0, 0.05) is 12.7 Å². The summed E-state index contributed by atoms with van der Waals surface area (Å²) >= 11 is 0. The van der Waals surface area contributed by atoms with Crippen molar-refractivity contribution in [1.29, 1.82) is 0 Å². The molecule has 2 atom stereocenters. The van der Waals surface area contributed by atoms with Crippen LogP contribution >= 0.6 is 0 Å². The van der Waals surface area contributed by atoms with Crippen molar-refractivity contribution >= 4 is 5.97 Å². The Morgan fingerprint density at radius 1 is 1.57 bits per heavy atom. The van der Waals surface area contributed by atoms with E-state index < -0.39 is 11.4 Å². The van der Waals surface area contributed by atoms with E-state index in [1.54, 1.807) is 6.33 Å². The van der Waals surface area contributed by atoms with Crippen LogP contribution in [0.3, 0.4) is 0 Å². The Balaban J connectivity index is 2.06. The number of nitrogens with zero attached hydrogens (tertiary/aromatic N) is 2. The van der Waals surface area contributed by atoms with Gasteiger partial charge in [0.05, 0.1) is 12.0 Å². The molecule has 0 aliphatic heterocycles. The van der Waals surface area contributed by atoms with Crippen molar-refractivity contribution in [2.24, 2.45) is 17.1 Å². The molecule has 0 saturated heterocycles. The Morgan fingerprint density at radius 3 is 2.86 bits per heavy atom. The molecule has 1 heterocycles. The number of carboxylic acids is 1. The van der Waals surface area contributed by atoms with Gasteiger partial charge in [-0.15, -0.1) is 0 Å². The average Bonchev–Trinajstić information content (AvgIpc) is 2.93. The van der Waals surface area contributed by atoms with Crippen LogP contribution in [0.15, 0.2) is 12.5 Å². The minimum Gasteiger partial charge on any atom is -0.481 e. The molecule has 0 spiro atoms. The first kappa shape index (κ1) is 16.0. The first-order valence-electron chi connectivity index (χ1n) is 7.75. The van der Waals surface area contributed by atoms with Crippen LogP contribution in [-0.4, -0.2) is 27.2 Å². The lowest BCUT2D eigenvalue weighted by atomic mass is 9.92. The van der Waals surface area contributed by atoms with Gasteiger partial charge >= 0.3 is 5.97 Å². The van der Waals surface area contributed by atoms with Gasteiger partial charge in [0.15, 0.2) is 0 Å². The average molecular weight is 293 g/mol. The molecule has 0 unspecified atom stereocenters. The maximum Gasteiger partial charge on any atom is 0.316 e. The van der Waals surface area contributed by atoms with Gasteiger partial charge in [0.25, 0.3) is 0 Å². The van der Waals surface area contributed by atoms with Crippen LogP contribution in [0.1, 0.15) is 52.1 Å². The van der Waals surface area contributed by atoms with Gasteiger partial charge in [0.1, 0.15) is 5.41 Å².